The summed E-state index contributed by atoms with van der Waals surface area (Å²) in [5, 5.41) is 3.88. The third kappa shape index (κ3) is 3.24. The largest absolute Gasteiger partial charge is 0.493 e. The number of likely N-dealkylation sites (tertiary alicyclic amines) is 1. The Hall–Kier alpha value is -2.77. The number of amides is 1. The van der Waals surface area contributed by atoms with Crippen LogP contribution in [0.4, 0.5) is 0 Å². The average Bonchev–Trinajstić information content (AvgIpc) is 3.23. The van der Waals surface area contributed by atoms with Gasteiger partial charge in [0.15, 0.2) is 11.5 Å². The summed E-state index contributed by atoms with van der Waals surface area (Å²) in [6.45, 7) is 0.670. The molecule has 1 unspecified atom stereocenters. The number of rotatable bonds is 5. The van der Waals surface area contributed by atoms with Crippen molar-refractivity contribution in [1.29, 1.82) is 0 Å². The zero-order chi connectivity index (χ0) is 18.0. The molecule has 0 radical (unpaired) electrons. The Balaban J connectivity index is 1.81. The van der Waals surface area contributed by atoms with E-state index in [2.05, 4.69) is 5.10 Å². The molecule has 1 atom stereocenters. The van der Waals surface area contributed by atoms with Gasteiger partial charge >= 0.3 is 5.69 Å². The fraction of sp³-hybridized carbons (Fsp3) is 0.471. The maximum atomic E-state index is 12.7. The van der Waals surface area contributed by atoms with Crippen molar-refractivity contribution >= 4 is 5.91 Å². The van der Waals surface area contributed by atoms with Crippen molar-refractivity contribution in [2.75, 3.05) is 20.8 Å². The summed E-state index contributed by atoms with van der Waals surface area (Å²) in [6, 6.07) is 5.68. The van der Waals surface area contributed by atoms with Gasteiger partial charge in [-0.3, -0.25) is 9.36 Å². The van der Waals surface area contributed by atoms with Crippen molar-refractivity contribution in [3.63, 3.8) is 0 Å². The summed E-state index contributed by atoms with van der Waals surface area (Å²) in [6.07, 6.45) is 3.19. The standard InChI is InChI=1S/C17H22N4O4/c1-19-17(23)20(11-18-19)10-16(22)21-8-4-5-13(21)12-6-7-14(24-2)15(9-12)25-3/h6-7,9,11,13H,4-5,8,10H2,1-3H3. The minimum absolute atomic E-state index is 0.00351. The van der Waals surface area contributed by atoms with Crippen LogP contribution < -0.4 is 15.2 Å². The molecule has 25 heavy (non-hydrogen) atoms. The van der Waals surface area contributed by atoms with E-state index in [1.165, 1.54) is 15.6 Å². The highest BCUT2D eigenvalue weighted by Crippen LogP contribution is 2.36. The Morgan fingerprint density at radius 2 is 2.04 bits per heavy atom. The molecule has 0 aliphatic carbocycles. The van der Waals surface area contributed by atoms with E-state index in [1.54, 1.807) is 21.3 Å². The Morgan fingerprint density at radius 3 is 2.68 bits per heavy atom. The highest BCUT2D eigenvalue weighted by atomic mass is 16.5. The number of carbonyl (C=O) groups excluding carboxylic acids is 1. The molecule has 1 saturated heterocycles. The van der Waals surface area contributed by atoms with Gasteiger partial charge in [-0.1, -0.05) is 6.07 Å². The molecular formula is C17H22N4O4. The van der Waals surface area contributed by atoms with Crippen molar-refractivity contribution < 1.29 is 14.3 Å². The maximum absolute atomic E-state index is 12.7. The lowest BCUT2D eigenvalue weighted by Gasteiger charge is -2.25. The Kier molecular flexibility index (Phi) is 4.78. The van der Waals surface area contributed by atoms with E-state index >= 15 is 0 Å². The smallest absolute Gasteiger partial charge is 0.345 e. The number of hydrogen-bond donors (Lipinski definition) is 0. The van der Waals surface area contributed by atoms with Gasteiger partial charge in [-0.15, -0.1) is 0 Å². The van der Waals surface area contributed by atoms with Gasteiger partial charge in [0.1, 0.15) is 12.9 Å². The number of carbonyl (C=O) groups is 1. The number of ether oxygens (including phenoxy) is 2. The summed E-state index contributed by atoms with van der Waals surface area (Å²) in [7, 11) is 4.74. The van der Waals surface area contributed by atoms with Crippen molar-refractivity contribution in [2.24, 2.45) is 7.05 Å². The van der Waals surface area contributed by atoms with E-state index in [9.17, 15) is 9.59 Å². The SMILES string of the molecule is COc1ccc(C2CCCN2C(=O)Cn2cnn(C)c2=O)cc1OC. The molecule has 3 rings (SSSR count). The molecule has 1 aliphatic heterocycles. The van der Waals surface area contributed by atoms with Crippen molar-refractivity contribution in [1.82, 2.24) is 19.2 Å². The van der Waals surface area contributed by atoms with Crippen LogP contribution >= 0.6 is 0 Å². The van der Waals surface area contributed by atoms with Gasteiger partial charge < -0.3 is 14.4 Å². The monoisotopic (exact) mass is 346 g/mol. The number of methoxy groups -OCH3 is 2. The average molecular weight is 346 g/mol. The third-order valence-corrected chi connectivity index (χ3v) is 4.56. The third-order valence-electron chi connectivity index (χ3n) is 4.56. The van der Waals surface area contributed by atoms with Crippen LogP contribution in [-0.2, 0) is 18.4 Å². The van der Waals surface area contributed by atoms with E-state index in [-0.39, 0.29) is 24.2 Å². The molecule has 8 nitrogen and oxygen atoms in total. The molecule has 1 fully saturated rings. The first-order chi connectivity index (χ1) is 12.0. The fourth-order valence-corrected chi connectivity index (χ4v) is 3.24. The van der Waals surface area contributed by atoms with Gasteiger partial charge in [0.2, 0.25) is 5.91 Å². The molecular weight excluding hydrogens is 324 g/mol. The number of hydrogen-bond acceptors (Lipinski definition) is 5. The van der Waals surface area contributed by atoms with Gasteiger partial charge in [-0.25, -0.2) is 9.48 Å². The molecule has 1 aliphatic rings. The minimum atomic E-state index is -0.296. The first kappa shape index (κ1) is 17.1. The van der Waals surface area contributed by atoms with Crippen LogP contribution in [0, 0.1) is 0 Å². The van der Waals surface area contributed by atoms with Gasteiger partial charge in [0, 0.05) is 13.6 Å². The van der Waals surface area contributed by atoms with Crippen LogP contribution in [0.3, 0.4) is 0 Å². The molecule has 2 aromatic rings. The van der Waals surface area contributed by atoms with Crippen molar-refractivity contribution in [2.45, 2.75) is 25.4 Å². The fourth-order valence-electron chi connectivity index (χ4n) is 3.24. The molecule has 8 heteroatoms. The second-order valence-corrected chi connectivity index (χ2v) is 6.02. The second-order valence-electron chi connectivity index (χ2n) is 6.02. The Morgan fingerprint density at radius 1 is 1.28 bits per heavy atom. The molecule has 134 valence electrons. The van der Waals surface area contributed by atoms with Crippen molar-refractivity contribution in [3.8, 4) is 11.5 Å². The molecule has 0 bridgehead atoms. The lowest BCUT2D eigenvalue weighted by atomic mass is 10.0. The van der Waals surface area contributed by atoms with Gasteiger partial charge in [0.25, 0.3) is 0 Å². The van der Waals surface area contributed by atoms with Crippen LogP contribution in [-0.4, -0.2) is 45.9 Å². The van der Waals surface area contributed by atoms with Crippen LogP contribution in [0.1, 0.15) is 24.4 Å². The number of aromatic nitrogens is 3. The molecule has 2 heterocycles. The van der Waals surface area contributed by atoms with Crippen LogP contribution in [0.2, 0.25) is 0 Å². The summed E-state index contributed by atoms with van der Waals surface area (Å²) in [5.74, 6) is 1.21. The zero-order valence-electron chi connectivity index (χ0n) is 14.6. The topological polar surface area (TPSA) is 78.6 Å². The lowest BCUT2D eigenvalue weighted by Crippen LogP contribution is -2.36. The summed E-state index contributed by atoms with van der Waals surface area (Å²) < 4.78 is 13.2. The molecule has 1 aromatic heterocycles. The van der Waals surface area contributed by atoms with E-state index < -0.39 is 0 Å². The van der Waals surface area contributed by atoms with Crippen LogP contribution in [0.25, 0.3) is 0 Å². The quantitative estimate of drug-likeness (QED) is 0.806. The molecule has 0 N–H and O–H groups in total. The predicted octanol–water partition coefficient (Wildman–Crippen LogP) is 0.963. The van der Waals surface area contributed by atoms with Gasteiger partial charge in [-0.2, -0.15) is 5.10 Å². The Labute approximate surface area is 145 Å². The number of nitrogens with zero attached hydrogens (tertiary/aromatic N) is 4. The van der Waals surface area contributed by atoms with E-state index in [1.807, 2.05) is 23.1 Å². The van der Waals surface area contributed by atoms with Crippen LogP contribution in [0.5, 0.6) is 11.5 Å². The molecule has 0 saturated carbocycles. The van der Waals surface area contributed by atoms with E-state index in [0.717, 1.165) is 18.4 Å². The molecule has 1 amide bonds. The predicted molar refractivity (Wildman–Crippen MR) is 90.7 cm³/mol. The molecule has 1 aromatic carbocycles. The first-order valence-corrected chi connectivity index (χ1v) is 8.15. The summed E-state index contributed by atoms with van der Waals surface area (Å²) in [5.41, 5.74) is 0.706. The molecule has 0 spiro atoms. The highest BCUT2D eigenvalue weighted by molar-refractivity contribution is 5.77. The number of aryl methyl sites for hydroxylation is 1. The van der Waals surface area contributed by atoms with Crippen molar-refractivity contribution in [3.05, 3.63) is 40.6 Å². The van der Waals surface area contributed by atoms with E-state index in [0.29, 0.717) is 18.0 Å². The normalized spacial score (nSPS) is 16.9. The van der Waals surface area contributed by atoms with Gasteiger partial charge in [0.05, 0.1) is 20.3 Å². The first-order valence-electron chi connectivity index (χ1n) is 8.15. The summed E-state index contributed by atoms with van der Waals surface area (Å²) in [4.78, 5) is 26.4. The maximum Gasteiger partial charge on any atom is 0.345 e. The zero-order valence-corrected chi connectivity index (χ0v) is 14.6. The Bertz CT molecular complexity index is 826. The second kappa shape index (κ2) is 7.00. The van der Waals surface area contributed by atoms with Crippen LogP contribution in [0.15, 0.2) is 29.3 Å². The van der Waals surface area contributed by atoms with Gasteiger partial charge in [-0.05, 0) is 30.5 Å². The summed E-state index contributed by atoms with van der Waals surface area (Å²) >= 11 is 0. The van der Waals surface area contributed by atoms with E-state index in [4.69, 9.17) is 9.47 Å². The highest BCUT2D eigenvalue weighted by Gasteiger charge is 2.30. The minimum Gasteiger partial charge on any atom is -0.493 e. The lowest BCUT2D eigenvalue weighted by molar-refractivity contribution is -0.132. The number of benzene rings is 1.